The summed E-state index contributed by atoms with van der Waals surface area (Å²) in [7, 11) is 0. The molecule has 0 aromatic heterocycles. The van der Waals surface area contributed by atoms with Crippen LogP contribution in [0.5, 0.6) is 0 Å². The Morgan fingerprint density at radius 3 is 2.63 bits per heavy atom. The van der Waals surface area contributed by atoms with Crippen molar-refractivity contribution in [2.75, 3.05) is 5.32 Å². The van der Waals surface area contributed by atoms with Gasteiger partial charge in [0.25, 0.3) is 0 Å². The van der Waals surface area contributed by atoms with Gasteiger partial charge in [-0.2, -0.15) is 0 Å². The number of aliphatic hydroxyl groups excluding tert-OH is 1. The summed E-state index contributed by atoms with van der Waals surface area (Å²) < 4.78 is 26.5. The summed E-state index contributed by atoms with van der Waals surface area (Å²) in [6.45, 7) is 1.82. The molecule has 1 unspecified atom stereocenters. The molecule has 2 N–H and O–H groups in total. The normalized spacial score (nSPS) is 12.2. The van der Waals surface area contributed by atoms with E-state index in [2.05, 4.69) is 5.32 Å². The maximum absolute atomic E-state index is 13.5. The SMILES string of the molecule is CC(O)c1ccccc1NCc1cc(F)ccc1F. The van der Waals surface area contributed by atoms with E-state index < -0.39 is 17.7 Å². The van der Waals surface area contributed by atoms with Gasteiger partial charge in [-0.1, -0.05) is 18.2 Å². The molecule has 1 atom stereocenters. The van der Waals surface area contributed by atoms with Crippen LogP contribution in [0.3, 0.4) is 0 Å². The molecule has 0 radical (unpaired) electrons. The van der Waals surface area contributed by atoms with Crippen LogP contribution in [0.1, 0.15) is 24.2 Å². The van der Waals surface area contributed by atoms with Crippen LogP contribution in [0, 0.1) is 11.6 Å². The van der Waals surface area contributed by atoms with Gasteiger partial charge in [0.05, 0.1) is 6.10 Å². The first-order valence-electron chi connectivity index (χ1n) is 6.02. The standard InChI is InChI=1S/C15H15F2NO/c1-10(19)13-4-2-3-5-15(13)18-9-11-8-12(16)6-7-14(11)17/h2-8,10,18-19H,9H2,1H3. The molecule has 0 saturated carbocycles. The van der Waals surface area contributed by atoms with E-state index in [1.165, 1.54) is 0 Å². The Bertz CT molecular complexity index is 570. The zero-order chi connectivity index (χ0) is 13.8. The predicted molar refractivity (Wildman–Crippen MR) is 70.8 cm³/mol. The molecule has 0 saturated heterocycles. The highest BCUT2D eigenvalue weighted by atomic mass is 19.1. The number of nitrogens with one attached hydrogen (secondary N) is 1. The number of para-hydroxylation sites is 1. The molecule has 19 heavy (non-hydrogen) atoms. The van der Waals surface area contributed by atoms with E-state index in [9.17, 15) is 13.9 Å². The molecule has 2 nitrogen and oxygen atoms in total. The van der Waals surface area contributed by atoms with Crippen LogP contribution in [0.2, 0.25) is 0 Å². The number of anilines is 1. The van der Waals surface area contributed by atoms with Crippen LogP contribution in [0.4, 0.5) is 14.5 Å². The maximum atomic E-state index is 13.5. The zero-order valence-electron chi connectivity index (χ0n) is 10.5. The molecule has 0 spiro atoms. The van der Waals surface area contributed by atoms with Gasteiger partial charge in [0.2, 0.25) is 0 Å². The number of hydrogen-bond donors (Lipinski definition) is 2. The molecule has 100 valence electrons. The fourth-order valence-corrected chi connectivity index (χ4v) is 1.89. The summed E-state index contributed by atoms with van der Waals surface area (Å²) in [5.41, 5.74) is 1.68. The predicted octanol–water partition coefficient (Wildman–Crippen LogP) is 3.63. The lowest BCUT2D eigenvalue weighted by atomic mass is 10.1. The highest BCUT2D eigenvalue weighted by Gasteiger charge is 2.08. The molecule has 0 aliphatic heterocycles. The molecule has 0 fully saturated rings. The third-order valence-electron chi connectivity index (χ3n) is 2.89. The van der Waals surface area contributed by atoms with Crippen LogP contribution in [0.15, 0.2) is 42.5 Å². The van der Waals surface area contributed by atoms with Crippen LogP contribution >= 0.6 is 0 Å². The van der Waals surface area contributed by atoms with Crippen molar-refractivity contribution in [2.45, 2.75) is 19.6 Å². The molecule has 0 bridgehead atoms. The Kier molecular flexibility index (Phi) is 4.12. The van der Waals surface area contributed by atoms with E-state index in [1.54, 1.807) is 19.1 Å². The fraction of sp³-hybridized carbons (Fsp3) is 0.200. The zero-order valence-corrected chi connectivity index (χ0v) is 10.5. The van der Waals surface area contributed by atoms with Gasteiger partial charge < -0.3 is 10.4 Å². The molecule has 0 heterocycles. The second-order valence-electron chi connectivity index (χ2n) is 4.35. The van der Waals surface area contributed by atoms with Crippen molar-refractivity contribution in [1.82, 2.24) is 0 Å². The highest BCUT2D eigenvalue weighted by Crippen LogP contribution is 2.23. The van der Waals surface area contributed by atoms with Crippen LogP contribution in [-0.4, -0.2) is 5.11 Å². The Labute approximate surface area is 110 Å². The number of halogens is 2. The second-order valence-corrected chi connectivity index (χ2v) is 4.35. The number of hydrogen-bond acceptors (Lipinski definition) is 2. The Morgan fingerprint density at radius 1 is 1.16 bits per heavy atom. The summed E-state index contributed by atoms with van der Waals surface area (Å²) in [6.07, 6.45) is -0.624. The Hall–Kier alpha value is -1.94. The molecule has 0 aliphatic carbocycles. The third kappa shape index (κ3) is 3.29. The van der Waals surface area contributed by atoms with Gasteiger partial charge in [0, 0.05) is 23.4 Å². The van der Waals surface area contributed by atoms with Gasteiger partial charge in [-0.3, -0.25) is 0 Å². The summed E-state index contributed by atoms with van der Waals surface area (Å²) in [6, 6.07) is 10.6. The Balaban J connectivity index is 2.17. The topological polar surface area (TPSA) is 32.3 Å². The fourth-order valence-electron chi connectivity index (χ4n) is 1.89. The molecule has 4 heteroatoms. The first kappa shape index (κ1) is 13.5. The van der Waals surface area contributed by atoms with Gasteiger partial charge in [-0.25, -0.2) is 8.78 Å². The van der Waals surface area contributed by atoms with Crippen LogP contribution in [-0.2, 0) is 6.54 Å². The number of benzene rings is 2. The lowest BCUT2D eigenvalue weighted by Crippen LogP contribution is -2.06. The largest absolute Gasteiger partial charge is 0.389 e. The smallest absolute Gasteiger partial charge is 0.128 e. The van der Waals surface area contributed by atoms with Crippen molar-refractivity contribution in [3.63, 3.8) is 0 Å². The molecule has 2 aromatic rings. The van der Waals surface area contributed by atoms with Crippen LogP contribution in [0.25, 0.3) is 0 Å². The van der Waals surface area contributed by atoms with E-state index in [4.69, 9.17) is 0 Å². The van der Waals surface area contributed by atoms with E-state index in [-0.39, 0.29) is 12.1 Å². The van der Waals surface area contributed by atoms with Gasteiger partial charge in [-0.15, -0.1) is 0 Å². The molecule has 0 aliphatic rings. The molecular weight excluding hydrogens is 248 g/mol. The monoisotopic (exact) mass is 263 g/mol. The molecule has 0 amide bonds. The second kappa shape index (κ2) is 5.80. The highest BCUT2D eigenvalue weighted by molar-refractivity contribution is 5.52. The van der Waals surface area contributed by atoms with E-state index in [1.807, 2.05) is 12.1 Å². The van der Waals surface area contributed by atoms with Crippen molar-refractivity contribution in [2.24, 2.45) is 0 Å². The minimum Gasteiger partial charge on any atom is -0.389 e. The first-order chi connectivity index (χ1) is 9.08. The number of aliphatic hydroxyl groups is 1. The van der Waals surface area contributed by atoms with Crippen molar-refractivity contribution in [3.05, 3.63) is 65.2 Å². The average Bonchev–Trinajstić information content (AvgIpc) is 2.40. The lowest BCUT2D eigenvalue weighted by molar-refractivity contribution is 0.200. The summed E-state index contributed by atoms with van der Waals surface area (Å²) in [5, 5.41) is 12.6. The quantitative estimate of drug-likeness (QED) is 0.882. The first-order valence-corrected chi connectivity index (χ1v) is 6.02. The average molecular weight is 263 g/mol. The minimum atomic E-state index is -0.624. The van der Waals surface area contributed by atoms with Crippen molar-refractivity contribution in [3.8, 4) is 0 Å². The number of rotatable bonds is 4. The molecule has 2 rings (SSSR count). The summed E-state index contributed by atoms with van der Waals surface area (Å²) in [4.78, 5) is 0. The van der Waals surface area contributed by atoms with E-state index in [0.717, 1.165) is 23.8 Å². The minimum absolute atomic E-state index is 0.160. The summed E-state index contributed by atoms with van der Waals surface area (Å²) >= 11 is 0. The van der Waals surface area contributed by atoms with Crippen molar-refractivity contribution in [1.29, 1.82) is 0 Å². The third-order valence-corrected chi connectivity index (χ3v) is 2.89. The molecular formula is C15H15F2NO. The van der Waals surface area contributed by atoms with Crippen molar-refractivity contribution >= 4 is 5.69 Å². The lowest BCUT2D eigenvalue weighted by Gasteiger charge is -2.14. The van der Waals surface area contributed by atoms with Crippen molar-refractivity contribution < 1.29 is 13.9 Å². The van der Waals surface area contributed by atoms with Gasteiger partial charge in [0.1, 0.15) is 11.6 Å². The van der Waals surface area contributed by atoms with E-state index >= 15 is 0 Å². The van der Waals surface area contributed by atoms with E-state index in [0.29, 0.717) is 5.69 Å². The summed E-state index contributed by atoms with van der Waals surface area (Å²) in [5.74, 6) is -0.926. The van der Waals surface area contributed by atoms with Crippen LogP contribution < -0.4 is 5.32 Å². The maximum Gasteiger partial charge on any atom is 0.128 e. The van der Waals surface area contributed by atoms with Gasteiger partial charge in [-0.05, 0) is 31.2 Å². The van der Waals surface area contributed by atoms with Gasteiger partial charge in [0.15, 0.2) is 0 Å². The molecule has 2 aromatic carbocycles. The van der Waals surface area contributed by atoms with Gasteiger partial charge >= 0.3 is 0 Å². The Morgan fingerprint density at radius 2 is 1.89 bits per heavy atom.